The molecule has 1 heterocycles. The van der Waals surface area contributed by atoms with Crippen molar-refractivity contribution >= 4 is 0 Å². The lowest BCUT2D eigenvalue weighted by molar-refractivity contribution is -0.215. The molecule has 0 aliphatic rings. The fourth-order valence-corrected chi connectivity index (χ4v) is 2.79. The van der Waals surface area contributed by atoms with Gasteiger partial charge in [0, 0.05) is 5.92 Å². The number of halogens is 3. The molecule has 0 saturated carbocycles. The number of hydrogen-bond acceptors (Lipinski definition) is 2. The SMILES string of the molecule is CCCCCCC(CCCCCC)c1cnnn1C(F)(F)F. The van der Waals surface area contributed by atoms with E-state index in [1.165, 1.54) is 6.20 Å². The zero-order valence-electron chi connectivity index (χ0n) is 13.7. The molecule has 0 aliphatic carbocycles. The summed E-state index contributed by atoms with van der Waals surface area (Å²) < 4.78 is 39.1. The molecule has 1 aromatic heterocycles. The molecule has 0 saturated heterocycles. The molecule has 0 aromatic carbocycles. The summed E-state index contributed by atoms with van der Waals surface area (Å²) in [4.78, 5) is 0. The molecule has 22 heavy (non-hydrogen) atoms. The zero-order chi connectivity index (χ0) is 16.4. The second kappa shape index (κ2) is 9.85. The Morgan fingerprint density at radius 1 is 0.955 bits per heavy atom. The number of hydrogen-bond donors (Lipinski definition) is 0. The molecule has 0 spiro atoms. The maximum atomic E-state index is 13.0. The zero-order valence-corrected chi connectivity index (χ0v) is 13.7. The molecular weight excluding hydrogens is 291 g/mol. The Hall–Kier alpha value is -1.07. The van der Waals surface area contributed by atoms with Crippen LogP contribution < -0.4 is 0 Å². The predicted octanol–water partition coefficient (Wildman–Crippen LogP) is 5.78. The van der Waals surface area contributed by atoms with Gasteiger partial charge in [-0.15, -0.1) is 18.3 Å². The summed E-state index contributed by atoms with van der Waals surface area (Å²) in [6.45, 7) is 4.26. The maximum Gasteiger partial charge on any atom is 0.506 e. The summed E-state index contributed by atoms with van der Waals surface area (Å²) in [6.07, 6.45) is 7.01. The highest BCUT2D eigenvalue weighted by atomic mass is 19.4. The van der Waals surface area contributed by atoms with Gasteiger partial charge in [0.25, 0.3) is 0 Å². The number of alkyl halides is 3. The van der Waals surface area contributed by atoms with Gasteiger partial charge in [0.05, 0.1) is 11.9 Å². The first-order valence-corrected chi connectivity index (χ1v) is 8.48. The van der Waals surface area contributed by atoms with Gasteiger partial charge in [0.2, 0.25) is 0 Å². The summed E-state index contributed by atoms with van der Waals surface area (Å²) in [6, 6.07) is 0. The van der Waals surface area contributed by atoms with Crippen LogP contribution in [0.2, 0.25) is 0 Å². The van der Waals surface area contributed by atoms with Crippen LogP contribution in [0.4, 0.5) is 13.2 Å². The van der Waals surface area contributed by atoms with Crippen LogP contribution in [0.5, 0.6) is 0 Å². The van der Waals surface area contributed by atoms with Crippen molar-refractivity contribution in [3.8, 4) is 0 Å². The van der Waals surface area contributed by atoms with Gasteiger partial charge < -0.3 is 0 Å². The number of unbranched alkanes of at least 4 members (excludes halogenated alkanes) is 6. The van der Waals surface area contributed by atoms with E-state index >= 15 is 0 Å². The monoisotopic (exact) mass is 319 g/mol. The average Bonchev–Trinajstić information content (AvgIpc) is 2.95. The third-order valence-corrected chi connectivity index (χ3v) is 4.05. The standard InChI is InChI=1S/C16H28F3N3/c1-3-5-7-9-11-14(12-10-8-6-4-2)15-13-20-21-22(15)16(17,18)19/h13-14H,3-12H2,1-2H3. The predicted molar refractivity (Wildman–Crippen MR) is 81.6 cm³/mol. The first-order chi connectivity index (χ1) is 10.5. The van der Waals surface area contributed by atoms with Gasteiger partial charge in [0.1, 0.15) is 0 Å². The molecule has 6 heteroatoms. The van der Waals surface area contributed by atoms with Crippen molar-refractivity contribution in [2.24, 2.45) is 0 Å². The van der Waals surface area contributed by atoms with Gasteiger partial charge >= 0.3 is 6.30 Å². The average molecular weight is 319 g/mol. The fraction of sp³-hybridized carbons (Fsp3) is 0.875. The highest BCUT2D eigenvalue weighted by Crippen LogP contribution is 2.32. The minimum Gasteiger partial charge on any atom is -0.155 e. The minimum absolute atomic E-state index is 0.0923. The third-order valence-electron chi connectivity index (χ3n) is 4.05. The van der Waals surface area contributed by atoms with E-state index in [-0.39, 0.29) is 16.3 Å². The maximum absolute atomic E-state index is 13.0. The van der Waals surface area contributed by atoms with Crippen LogP contribution in [-0.2, 0) is 6.30 Å². The van der Waals surface area contributed by atoms with E-state index < -0.39 is 6.30 Å². The summed E-state index contributed by atoms with van der Waals surface area (Å²) in [5, 5.41) is 6.73. The summed E-state index contributed by atoms with van der Waals surface area (Å²) in [5.74, 6) is -0.0923. The van der Waals surface area contributed by atoms with Crippen LogP contribution in [0.25, 0.3) is 0 Å². The van der Waals surface area contributed by atoms with E-state index in [2.05, 4.69) is 24.2 Å². The lowest BCUT2D eigenvalue weighted by Gasteiger charge is -2.19. The Kier molecular flexibility index (Phi) is 8.49. The van der Waals surface area contributed by atoms with E-state index in [4.69, 9.17) is 0 Å². The first-order valence-electron chi connectivity index (χ1n) is 8.48. The van der Waals surface area contributed by atoms with E-state index in [0.29, 0.717) is 0 Å². The highest BCUT2D eigenvalue weighted by molar-refractivity contribution is 5.04. The van der Waals surface area contributed by atoms with E-state index in [0.717, 1.165) is 64.2 Å². The second-order valence-electron chi connectivity index (χ2n) is 5.93. The Balaban J connectivity index is 2.69. The number of aromatic nitrogens is 3. The topological polar surface area (TPSA) is 30.7 Å². The van der Waals surface area contributed by atoms with Crippen molar-refractivity contribution in [3.05, 3.63) is 11.9 Å². The highest BCUT2D eigenvalue weighted by Gasteiger charge is 2.36. The first kappa shape index (κ1) is 19.0. The molecule has 128 valence electrons. The lowest BCUT2D eigenvalue weighted by Crippen LogP contribution is -2.22. The van der Waals surface area contributed by atoms with Crippen molar-refractivity contribution in [2.45, 2.75) is 90.3 Å². The largest absolute Gasteiger partial charge is 0.506 e. The van der Waals surface area contributed by atoms with E-state index in [1.807, 2.05) is 0 Å². The van der Waals surface area contributed by atoms with Gasteiger partial charge in [-0.25, -0.2) is 0 Å². The summed E-state index contributed by atoms with van der Waals surface area (Å²) in [5.41, 5.74) is 0.223. The third kappa shape index (κ3) is 6.36. The Morgan fingerprint density at radius 3 is 1.95 bits per heavy atom. The molecule has 0 radical (unpaired) electrons. The molecule has 3 nitrogen and oxygen atoms in total. The van der Waals surface area contributed by atoms with E-state index in [1.54, 1.807) is 0 Å². The lowest BCUT2D eigenvalue weighted by atomic mass is 9.92. The smallest absolute Gasteiger partial charge is 0.155 e. The molecule has 0 atom stereocenters. The second-order valence-corrected chi connectivity index (χ2v) is 5.93. The van der Waals surface area contributed by atoms with Gasteiger partial charge in [-0.2, -0.15) is 4.68 Å². The van der Waals surface area contributed by atoms with Crippen molar-refractivity contribution in [2.75, 3.05) is 0 Å². The van der Waals surface area contributed by atoms with Crippen LogP contribution >= 0.6 is 0 Å². The summed E-state index contributed by atoms with van der Waals surface area (Å²) >= 11 is 0. The van der Waals surface area contributed by atoms with Crippen LogP contribution in [0.15, 0.2) is 6.20 Å². The Morgan fingerprint density at radius 2 is 1.50 bits per heavy atom. The molecular formula is C16H28F3N3. The van der Waals surface area contributed by atoms with Crippen LogP contribution in [0.3, 0.4) is 0 Å². The Labute approximate surface area is 131 Å². The number of nitrogens with zero attached hydrogens (tertiary/aromatic N) is 3. The van der Waals surface area contributed by atoms with Crippen molar-refractivity contribution in [1.82, 2.24) is 15.0 Å². The fourth-order valence-electron chi connectivity index (χ4n) is 2.79. The molecule has 1 aromatic rings. The molecule has 0 N–H and O–H groups in total. The van der Waals surface area contributed by atoms with Crippen LogP contribution in [0.1, 0.15) is 89.7 Å². The van der Waals surface area contributed by atoms with Crippen LogP contribution in [-0.4, -0.2) is 15.0 Å². The van der Waals surface area contributed by atoms with Gasteiger partial charge in [-0.1, -0.05) is 70.4 Å². The number of rotatable bonds is 11. The molecule has 1 rings (SSSR count). The molecule has 0 bridgehead atoms. The van der Waals surface area contributed by atoms with Crippen LogP contribution in [0, 0.1) is 0 Å². The van der Waals surface area contributed by atoms with Crippen molar-refractivity contribution in [1.29, 1.82) is 0 Å². The molecule has 0 aliphatic heterocycles. The van der Waals surface area contributed by atoms with Gasteiger partial charge in [0.15, 0.2) is 0 Å². The van der Waals surface area contributed by atoms with Crippen molar-refractivity contribution in [3.63, 3.8) is 0 Å². The summed E-state index contributed by atoms with van der Waals surface area (Å²) in [7, 11) is 0. The normalized spacial score (nSPS) is 12.3. The van der Waals surface area contributed by atoms with Gasteiger partial charge in [-0.3, -0.25) is 0 Å². The Bertz CT molecular complexity index is 390. The van der Waals surface area contributed by atoms with Gasteiger partial charge in [-0.05, 0) is 12.8 Å². The molecule has 0 amide bonds. The van der Waals surface area contributed by atoms with Crippen molar-refractivity contribution < 1.29 is 13.2 Å². The van der Waals surface area contributed by atoms with E-state index in [9.17, 15) is 13.2 Å². The molecule has 0 unspecified atom stereocenters. The quantitative estimate of drug-likeness (QED) is 0.484. The molecule has 0 fully saturated rings. The minimum atomic E-state index is -4.48.